The first-order chi connectivity index (χ1) is 17.2. The van der Waals surface area contributed by atoms with E-state index in [0.717, 1.165) is 55.6 Å². The van der Waals surface area contributed by atoms with Crippen LogP contribution >= 0.6 is 0 Å². The van der Waals surface area contributed by atoms with Gasteiger partial charge in [-0.1, -0.05) is 46.2 Å². The lowest BCUT2D eigenvalue weighted by Crippen LogP contribution is -2.39. The van der Waals surface area contributed by atoms with Crippen molar-refractivity contribution in [1.29, 1.82) is 0 Å². The fourth-order valence-corrected chi connectivity index (χ4v) is 4.38. The average Bonchev–Trinajstić information content (AvgIpc) is 3.17. The van der Waals surface area contributed by atoms with Crippen molar-refractivity contribution >= 4 is 22.8 Å². The van der Waals surface area contributed by atoms with Gasteiger partial charge in [0.1, 0.15) is 18.2 Å². The Morgan fingerprint density at radius 1 is 0.944 bits per heavy atom. The normalized spacial score (nSPS) is 11.4. The fraction of sp³-hybridized carbons (Fsp3) is 0.483. The molecule has 0 fully saturated rings. The molecule has 6 nitrogen and oxygen atoms in total. The molecule has 1 aromatic heterocycles. The van der Waals surface area contributed by atoms with Crippen LogP contribution in [-0.4, -0.2) is 45.9 Å². The number of hydrogen-bond donors (Lipinski definition) is 1. The summed E-state index contributed by atoms with van der Waals surface area (Å²) in [5, 5.41) is 2.89. The van der Waals surface area contributed by atoms with Crippen molar-refractivity contribution < 1.29 is 14.0 Å². The highest BCUT2D eigenvalue weighted by atomic mass is 19.1. The minimum Gasteiger partial charge on any atom is -0.352 e. The first-order valence-corrected chi connectivity index (χ1v) is 13.0. The highest BCUT2D eigenvalue weighted by Gasteiger charge is 2.20. The molecule has 3 rings (SSSR count). The molecule has 7 heteroatoms. The van der Waals surface area contributed by atoms with Gasteiger partial charge in [-0.15, -0.1) is 0 Å². The van der Waals surface area contributed by atoms with Gasteiger partial charge in [0.25, 0.3) is 5.91 Å². The Morgan fingerprint density at radius 3 is 2.28 bits per heavy atom. The van der Waals surface area contributed by atoms with Crippen LogP contribution in [0.15, 0.2) is 48.5 Å². The summed E-state index contributed by atoms with van der Waals surface area (Å²) in [7, 11) is 0. The van der Waals surface area contributed by atoms with E-state index in [0.29, 0.717) is 30.5 Å². The van der Waals surface area contributed by atoms with E-state index in [1.54, 1.807) is 0 Å². The number of aromatic nitrogens is 2. The number of benzene rings is 2. The van der Waals surface area contributed by atoms with Gasteiger partial charge in [0.2, 0.25) is 5.91 Å². The SMILES string of the molecule is CC(C)CN(CC(C)C)C(=O)Cn1c(CCCCCNC(=O)c2ccc(F)cc2)nc2ccccc21. The summed E-state index contributed by atoms with van der Waals surface area (Å²) in [4.78, 5) is 32.3. The van der Waals surface area contributed by atoms with Crippen molar-refractivity contribution in [2.24, 2.45) is 11.8 Å². The topological polar surface area (TPSA) is 67.2 Å². The van der Waals surface area contributed by atoms with E-state index in [1.807, 2.05) is 29.2 Å². The Hall–Kier alpha value is -3.22. The molecular formula is C29H39FN4O2. The molecule has 3 aromatic rings. The number of unbranched alkanes of at least 4 members (excludes halogenated alkanes) is 2. The number of amides is 2. The van der Waals surface area contributed by atoms with Gasteiger partial charge in [-0.2, -0.15) is 0 Å². The lowest BCUT2D eigenvalue weighted by Gasteiger charge is -2.27. The van der Waals surface area contributed by atoms with E-state index in [4.69, 9.17) is 4.98 Å². The third-order valence-corrected chi connectivity index (χ3v) is 6.02. The van der Waals surface area contributed by atoms with Crippen molar-refractivity contribution in [1.82, 2.24) is 19.8 Å². The quantitative estimate of drug-likeness (QED) is 0.321. The van der Waals surface area contributed by atoms with Gasteiger partial charge in [-0.05, 0) is 61.1 Å². The zero-order valence-corrected chi connectivity index (χ0v) is 22.0. The van der Waals surface area contributed by atoms with Crippen LogP contribution in [0.25, 0.3) is 11.0 Å². The first kappa shape index (κ1) is 27.4. The molecule has 0 aliphatic rings. The predicted octanol–water partition coefficient (Wildman–Crippen LogP) is 5.46. The number of aryl methyl sites for hydroxylation is 1. The number of para-hydroxylation sites is 2. The molecule has 2 amide bonds. The van der Waals surface area contributed by atoms with Gasteiger partial charge < -0.3 is 14.8 Å². The molecule has 1 N–H and O–H groups in total. The van der Waals surface area contributed by atoms with Crippen LogP contribution < -0.4 is 5.32 Å². The summed E-state index contributed by atoms with van der Waals surface area (Å²) >= 11 is 0. The Kier molecular flexibility index (Phi) is 10.0. The van der Waals surface area contributed by atoms with E-state index in [2.05, 4.69) is 37.6 Å². The maximum atomic E-state index is 13.3. The highest BCUT2D eigenvalue weighted by Crippen LogP contribution is 2.19. The van der Waals surface area contributed by atoms with Gasteiger partial charge >= 0.3 is 0 Å². The van der Waals surface area contributed by atoms with E-state index in [9.17, 15) is 14.0 Å². The van der Waals surface area contributed by atoms with Gasteiger partial charge in [0.15, 0.2) is 0 Å². The van der Waals surface area contributed by atoms with Crippen LogP contribution in [0.4, 0.5) is 4.39 Å². The fourth-order valence-electron chi connectivity index (χ4n) is 4.38. The molecule has 1 heterocycles. The van der Waals surface area contributed by atoms with Crippen LogP contribution in [0.1, 0.15) is 63.1 Å². The van der Waals surface area contributed by atoms with Crippen LogP contribution in [0.3, 0.4) is 0 Å². The zero-order valence-electron chi connectivity index (χ0n) is 22.0. The second-order valence-corrected chi connectivity index (χ2v) is 10.3. The summed E-state index contributed by atoms with van der Waals surface area (Å²) in [5.41, 5.74) is 2.35. The second kappa shape index (κ2) is 13.2. The molecule has 0 unspecified atom stereocenters. The minimum atomic E-state index is -0.355. The average molecular weight is 495 g/mol. The highest BCUT2D eigenvalue weighted by molar-refractivity contribution is 5.94. The molecule has 0 atom stereocenters. The Bertz CT molecular complexity index is 1130. The van der Waals surface area contributed by atoms with E-state index >= 15 is 0 Å². The van der Waals surface area contributed by atoms with Crippen LogP contribution in [-0.2, 0) is 17.8 Å². The maximum absolute atomic E-state index is 13.3. The molecule has 2 aromatic carbocycles. The minimum absolute atomic E-state index is 0.130. The van der Waals surface area contributed by atoms with Crippen molar-refractivity contribution in [2.45, 2.75) is 59.9 Å². The number of hydrogen-bond acceptors (Lipinski definition) is 3. The number of imidazole rings is 1. The lowest BCUT2D eigenvalue weighted by molar-refractivity contribution is -0.132. The molecule has 0 bridgehead atoms. The maximum Gasteiger partial charge on any atom is 0.251 e. The Morgan fingerprint density at radius 2 is 1.61 bits per heavy atom. The number of fused-ring (bicyclic) bond motifs is 1. The number of halogens is 1. The Labute approximate surface area is 213 Å². The van der Waals surface area contributed by atoms with Crippen LogP contribution in [0.2, 0.25) is 0 Å². The smallest absolute Gasteiger partial charge is 0.251 e. The largest absolute Gasteiger partial charge is 0.352 e. The molecular weight excluding hydrogens is 455 g/mol. The summed E-state index contributed by atoms with van der Waals surface area (Å²) < 4.78 is 15.1. The molecule has 0 spiro atoms. The number of nitrogens with one attached hydrogen (secondary N) is 1. The van der Waals surface area contributed by atoms with Crippen LogP contribution in [0.5, 0.6) is 0 Å². The van der Waals surface area contributed by atoms with Crippen molar-refractivity contribution in [3.05, 3.63) is 65.7 Å². The number of rotatable bonds is 13. The van der Waals surface area contributed by atoms with Crippen LogP contribution in [0, 0.1) is 17.7 Å². The standard InChI is InChI=1S/C29H39FN4O2/c1-21(2)18-33(19-22(3)4)28(35)20-34-26-11-8-7-10-25(26)32-27(34)12-6-5-9-17-31-29(36)23-13-15-24(30)16-14-23/h7-8,10-11,13-16,21-22H,5-6,9,12,17-20H2,1-4H3,(H,31,36). The van der Waals surface area contributed by atoms with Gasteiger partial charge in [0.05, 0.1) is 11.0 Å². The predicted molar refractivity (Wildman–Crippen MR) is 142 cm³/mol. The van der Waals surface area contributed by atoms with Gasteiger partial charge in [-0.25, -0.2) is 9.37 Å². The van der Waals surface area contributed by atoms with E-state index in [1.165, 1.54) is 24.3 Å². The molecule has 0 aliphatic heterocycles. The van der Waals surface area contributed by atoms with Gasteiger partial charge in [0, 0.05) is 31.6 Å². The van der Waals surface area contributed by atoms with Crippen molar-refractivity contribution in [3.8, 4) is 0 Å². The third-order valence-electron chi connectivity index (χ3n) is 6.02. The number of carbonyl (C=O) groups excluding carboxylic acids is 2. The summed E-state index contributed by atoms with van der Waals surface area (Å²) in [6, 6.07) is 13.5. The van der Waals surface area contributed by atoms with Gasteiger partial charge in [-0.3, -0.25) is 9.59 Å². The second-order valence-electron chi connectivity index (χ2n) is 10.3. The molecule has 0 radical (unpaired) electrons. The molecule has 36 heavy (non-hydrogen) atoms. The van der Waals surface area contributed by atoms with Crippen molar-refractivity contribution in [3.63, 3.8) is 0 Å². The zero-order chi connectivity index (χ0) is 26.1. The molecule has 0 saturated carbocycles. The summed E-state index contributed by atoms with van der Waals surface area (Å²) in [6.45, 7) is 10.9. The van der Waals surface area contributed by atoms with E-state index < -0.39 is 0 Å². The van der Waals surface area contributed by atoms with Crippen molar-refractivity contribution in [2.75, 3.05) is 19.6 Å². The number of carbonyl (C=O) groups is 2. The molecule has 0 saturated heterocycles. The lowest BCUT2D eigenvalue weighted by atomic mass is 10.1. The van der Waals surface area contributed by atoms with E-state index in [-0.39, 0.29) is 17.6 Å². The molecule has 0 aliphatic carbocycles. The first-order valence-electron chi connectivity index (χ1n) is 13.0. The molecule has 194 valence electrons. The number of nitrogens with zero attached hydrogens (tertiary/aromatic N) is 3. The Balaban J connectivity index is 1.57. The third kappa shape index (κ3) is 7.90. The summed E-state index contributed by atoms with van der Waals surface area (Å²) in [6.07, 6.45) is 3.43. The monoisotopic (exact) mass is 494 g/mol. The summed E-state index contributed by atoms with van der Waals surface area (Å²) in [5.74, 6) is 1.33.